The molecule has 0 saturated carbocycles. The number of carbonyl (C=O) groups excluding carboxylic acids is 1. The number of esters is 1. The fourth-order valence-corrected chi connectivity index (χ4v) is 1.37. The highest BCUT2D eigenvalue weighted by Crippen LogP contribution is 2.26. The third-order valence-electron chi connectivity index (χ3n) is 2.22. The molecule has 0 rings (SSSR count). The van der Waals surface area contributed by atoms with E-state index in [1.165, 1.54) is 6.92 Å². The molecule has 0 aliphatic heterocycles. The molecule has 0 radical (unpaired) electrons. The van der Waals surface area contributed by atoms with Gasteiger partial charge in [-0.3, -0.25) is 5.41 Å². The van der Waals surface area contributed by atoms with Gasteiger partial charge >= 0.3 is 12.1 Å². The lowest BCUT2D eigenvalue weighted by Crippen LogP contribution is -2.30. The molecule has 0 aromatic heterocycles. The topological polar surface area (TPSA) is 50.2 Å². The summed E-state index contributed by atoms with van der Waals surface area (Å²) in [5, 5.41) is 7.06. The zero-order chi connectivity index (χ0) is 13.6. The summed E-state index contributed by atoms with van der Waals surface area (Å²) in [6, 6.07) is 0. The lowest BCUT2D eigenvalue weighted by molar-refractivity contribution is -0.138. The second-order valence-electron chi connectivity index (χ2n) is 3.28. The second kappa shape index (κ2) is 6.42. The molecule has 0 fully saturated rings. The molecular formula is C11H16F3NO2. The van der Waals surface area contributed by atoms with Gasteiger partial charge in [-0.25, -0.2) is 4.79 Å². The highest BCUT2D eigenvalue weighted by molar-refractivity contribution is 6.21. The molecule has 0 aliphatic carbocycles. The minimum absolute atomic E-state index is 0.0197. The fraction of sp³-hybridized carbons (Fsp3) is 0.636. The number of rotatable bonds is 5. The molecule has 0 bridgehead atoms. The first-order valence-corrected chi connectivity index (χ1v) is 5.34. The van der Waals surface area contributed by atoms with Gasteiger partial charge in [-0.2, -0.15) is 13.2 Å². The quantitative estimate of drug-likeness (QED) is 0.463. The minimum Gasteiger partial charge on any atom is -0.462 e. The Labute approximate surface area is 98.2 Å². The highest BCUT2D eigenvalue weighted by atomic mass is 19.4. The van der Waals surface area contributed by atoms with Crippen LogP contribution in [0.15, 0.2) is 11.1 Å². The van der Waals surface area contributed by atoms with Gasteiger partial charge in [0.25, 0.3) is 0 Å². The Bertz CT molecular complexity index is 326. The normalized spacial score (nSPS) is 10.9. The molecule has 0 heterocycles. The van der Waals surface area contributed by atoms with E-state index in [1.807, 2.05) is 0 Å². The van der Waals surface area contributed by atoms with Crippen LogP contribution in [0.1, 0.15) is 33.6 Å². The zero-order valence-electron chi connectivity index (χ0n) is 10.1. The van der Waals surface area contributed by atoms with Crippen LogP contribution in [0.25, 0.3) is 0 Å². The standard InChI is InChI=1S/C11H16F3NO2/c1-4-7(5-2)8(10(16)17-6-3)9(15)11(12,13)14/h15H,4-6H2,1-3H3. The van der Waals surface area contributed by atoms with Crippen molar-refractivity contribution in [2.24, 2.45) is 0 Å². The Morgan fingerprint density at radius 2 is 1.65 bits per heavy atom. The number of halogens is 3. The van der Waals surface area contributed by atoms with Gasteiger partial charge in [0.15, 0.2) is 5.71 Å². The number of carbonyl (C=O) groups is 1. The largest absolute Gasteiger partial charge is 0.462 e. The highest BCUT2D eigenvalue weighted by Gasteiger charge is 2.40. The molecule has 1 N–H and O–H groups in total. The lowest BCUT2D eigenvalue weighted by Gasteiger charge is -2.15. The van der Waals surface area contributed by atoms with Crippen LogP contribution in [0, 0.1) is 5.41 Å². The average molecular weight is 251 g/mol. The minimum atomic E-state index is -4.84. The third-order valence-corrected chi connectivity index (χ3v) is 2.22. The van der Waals surface area contributed by atoms with Gasteiger partial charge in [-0.1, -0.05) is 19.4 Å². The van der Waals surface area contributed by atoms with Gasteiger partial charge < -0.3 is 4.74 Å². The van der Waals surface area contributed by atoms with Crippen molar-refractivity contribution in [2.75, 3.05) is 6.61 Å². The summed E-state index contributed by atoms with van der Waals surface area (Å²) in [5.74, 6) is -1.08. The zero-order valence-corrected chi connectivity index (χ0v) is 10.1. The van der Waals surface area contributed by atoms with Crippen LogP contribution in [0.2, 0.25) is 0 Å². The van der Waals surface area contributed by atoms with Gasteiger partial charge in [-0.05, 0) is 19.8 Å². The van der Waals surface area contributed by atoms with Crippen LogP contribution in [0.5, 0.6) is 0 Å². The van der Waals surface area contributed by atoms with Crippen LogP contribution < -0.4 is 0 Å². The summed E-state index contributed by atoms with van der Waals surface area (Å²) in [5.41, 5.74) is -2.00. The number of hydrogen-bond acceptors (Lipinski definition) is 3. The smallest absolute Gasteiger partial charge is 0.433 e. The monoisotopic (exact) mass is 251 g/mol. The lowest BCUT2D eigenvalue weighted by atomic mass is 9.99. The van der Waals surface area contributed by atoms with E-state index in [0.29, 0.717) is 0 Å². The average Bonchev–Trinajstić information content (AvgIpc) is 2.23. The summed E-state index contributed by atoms with van der Waals surface area (Å²) in [4.78, 5) is 11.5. The molecule has 0 unspecified atom stereocenters. The first-order chi connectivity index (χ1) is 7.79. The molecule has 17 heavy (non-hydrogen) atoms. The predicted molar refractivity (Wildman–Crippen MR) is 58.0 cm³/mol. The van der Waals surface area contributed by atoms with Crippen LogP contribution in [-0.2, 0) is 9.53 Å². The molecule has 98 valence electrons. The van der Waals surface area contributed by atoms with Gasteiger partial charge in [-0.15, -0.1) is 0 Å². The molecule has 3 nitrogen and oxygen atoms in total. The Hall–Kier alpha value is -1.33. The van der Waals surface area contributed by atoms with Crippen molar-refractivity contribution in [1.82, 2.24) is 0 Å². The van der Waals surface area contributed by atoms with Crippen molar-refractivity contribution in [3.63, 3.8) is 0 Å². The summed E-state index contributed by atoms with van der Waals surface area (Å²) >= 11 is 0. The Kier molecular flexibility index (Phi) is 5.91. The summed E-state index contributed by atoms with van der Waals surface area (Å²) in [7, 11) is 0. The van der Waals surface area contributed by atoms with Crippen molar-refractivity contribution in [3.05, 3.63) is 11.1 Å². The molecule has 0 aromatic carbocycles. The maximum Gasteiger partial charge on any atom is 0.433 e. The molecular weight excluding hydrogens is 235 g/mol. The molecule has 0 atom stereocenters. The van der Waals surface area contributed by atoms with E-state index in [4.69, 9.17) is 5.41 Å². The van der Waals surface area contributed by atoms with Crippen LogP contribution in [0.4, 0.5) is 13.2 Å². The Morgan fingerprint density at radius 3 is 1.94 bits per heavy atom. The van der Waals surface area contributed by atoms with Gasteiger partial charge in [0.1, 0.15) is 0 Å². The van der Waals surface area contributed by atoms with E-state index in [9.17, 15) is 18.0 Å². The fourth-order valence-electron chi connectivity index (χ4n) is 1.37. The Morgan fingerprint density at radius 1 is 1.18 bits per heavy atom. The van der Waals surface area contributed by atoms with Gasteiger partial charge in [0.2, 0.25) is 0 Å². The van der Waals surface area contributed by atoms with E-state index in [-0.39, 0.29) is 25.0 Å². The van der Waals surface area contributed by atoms with Crippen LogP contribution in [0.3, 0.4) is 0 Å². The van der Waals surface area contributed by atoms with E-state index < -0.39 is 23.4 Å². The van der Waals surface area contributed by atoms with Crippen LogP contribution >= 0.6 is 0 Å². The molecule has 0 aliphatic rings. The van der Waals surface area contributed by atoms with Crippen molar-refractivity contribution in [3.8, 4) is 0 Å². The number of alkyl halides is 3. The van der Waals surface area contributed by atoms with E-state index >= 15 is 0 Å². The number of nitrogens with one attached hydrogen (secondary N) is 1. The summed E-state index contributed by atoms with van der Waals surface area (Å²) in [6.07, 6.45) is -4.27. The van der Waals surface area contributed by atoms with Crippen molar-refractivity contribution >= 4 is 11.7 Å². The van der Waals surface area contributed by atoms with Crippen molar-refractivity contribution in [2.45, 2.75) is 39.8 Å². The van der Waals surface area contributed by atoms with Gasteiger partial charge in [0, 0.05) is 0 Å². The van der Waals surface area contributed by atoms with Gasteiger partial charge in [0.05, 0.1) is 12.2 Å². The predicted octanol–water partition coefficient (Wildman–Crippen LogP) is 3.25. The molecule has 0 amide bonds. The third kappa shape index (κ3) is 4.20. The molecule has 6 heteroatoms. The van der Waals surface area contributed by atoms with E-state index in [0.717, 1.165) is 0 Å². The number of allylic oxidation sites excluding steroid dienone is 1. The Balaban J connectivity index is 5.49. The van der Waals surface area contributed by atoms with Crippen LogP contribution in [-0.4, -0.2) is 24.5 Å². The van der Waals surface area contributed by atoms with Crippen molar-refractivity contribution < 1.29 is 22.7 Å². The van der Waals surface area contributed by atoms with E-state index in [2.05, 4.69) is 4.74 Å². The maximum atomic E-state index is 12.5. The molecule has 0 aromatic rings. The number of hydrogen-bond donors (Lipinski definition) is 1. The molecule has 0 spiro atoms. The first-order valence-electron chi connectivity index (χ1n) is 5.34. The molecule has 0 saturated heterocycles. The van der Waals surface area contributed by atoms with Crippen molar-refractivity contribution in [1.29, 1.82) is 5.41 Å². The first kappa shape index (κ1) is 15.7. The summed E-state index contributed by atoms with van der Waals surface area (Å²) < 4.78 is 42.0. The number of ether oxygens (including phenoxy) is 1. The summed E-state index contributed by atoms with van der Waals surface area (Å²) in [6.45, 7) is 4.77. The second-order valence-corrected chi connectivity index (χ2v) is 3.28. The maximum absolute atomic E-state index is 12.5. The van der Waals surface area contributed by atoms with E-state index in [1.54, 1.807) is 13.8 Å². The SMILES string of the molecule is CCOC(=O)C(C(=N)C(F)(F)F)=C(CC)CC.